The van der Waals surface area contributed by atoms with Crippen molar-refractivity contribution in [3.63, 3.8) is 0 Å². The summed E-state index contributed by atoms with van der Waals surface area (Å²) in [5, 5.41) is 9.33. The number of anilines is 2. The van der Waals surface area contributed by atoms with Gasteiger partial charge in [0.25, 0.3) is 5.91 Å². The van der Waals surface area contributed by atoms with Gasteiger partial charge in [-0.15, -0.1) is 0 Å². The second kappa shape index (κ2) is 13.9. The topological polar surface area (TPSA) is 118 Å². The lowest BCUT2D eigenvalue weighted by molar-refractivity contribution is -0.136. The van der Waals surface area contributed by atoms with Crippen LogP contribution in [-0.4, -0.2) is 37.1 Å². The first-order valence-electron chi connectivity index (χ1n) is 10.9. The maximum atomic E-state index is 13.7. The Bertz CT molecular complexity index is 1370. The van der Waals surface area contributed by atoms with E-state index in [2.05, 4.69) is 21.2 Å². The number of benzene rings is 3. The summed E-state index contributed by atoms with van der Waals surface area (Å²) in [6.07, 6.45) is 1.29. The van der Waals surface area contributed by atoms with Crippen LogP contribution >= 0.6 is 45.8 Å². The molecule has 0 aliphatic rings. The number of rotatable bonds is 9. The Labute approximate surface area is 240 Å². The number of ether oxygens (including phenoxy) is 2. The van der Waals surface area contributed by atoms with Gasteiger partial charge < -0.3 is 20.1 Å². The van der Waals surface area contributed by atoms with Crippen LogP contribution in [0.3, 0.4) is 0 Å². The summed E-state index contributed by atoms with van der Waals surface area (Å²) in [5.74, 6) is -2.62. The number of hydrogen-bond acceptors (Lipinski definition) is 6. The van der Waals surface area contributed by atoms with E-state index in [1.54, 1.807) is 37.3 Å². The number of para-hydroxylation sites is 1. The van der Waals surface area contributed by atoms with Gasteiger partial charge in [-0.3, -0.25) is 14.4 Å². The second-order valence-electron chi connectivity index (χ2n) is 7.39. The highest BCUT2D eigenvalue weighted by atomic mass is 127. The molecule has 0 aliphatic carbocycles. The minimum Gasteiger partial charge on any atom is -0.490 e. The molecular weight excluding hydrogens is 653 g/mol. The standard InChI is InChI=1S/C25H20Cl2FIN4O5/c1-2-37-21-8-14(12-30-33-25(36)24(35)32-20-6-4-3-5-18(20)28)7-19(29)23(21)38-13-22(34)31-17-10-15(26)9-16(27)11-17/h3-12H,2,13H2,1H3,(H,31,34)(H,32,35)(H,33,36)/b30-12-. The highest BCUT2D eigenvalue weighted by Crippen LogP contribution is 2.34. The molecule has 3 rings (SSSR count). The zero-order valence-electron chi connectivity index (χ0n) is 19.7. The predicted molar refractivity (Wildman–Crippen MR) is 152 cm³/mol. The highest BCUT2D eigenvalue weighted by molar-refractivity contribution is 14.1. The number of nitrogens with zero attached hydrogens (tertiary/aromatic N) is 1. The minimum atomic E-state index is -1.09. The van der Waals surface area contributed by atoms with Crippen LogP contribution in [0.25, 0.3) is 0 Å². The lowest BCUT2D eigenvalue weighted by Gasteiger charge is -2.14. The van der Waals surface area contributed by atoms with Crippen molar-refractivity contribution in [1.82, 2.24) is 5.43 Å². The van der Waals surface area contributed by atoms with Crippen molar-refractivity contribution in [3.8, 4) is 11.5 Å². The van der Waals surface area contributed by atoms with Crippen molar-refractivity contribution < 1.29 is 28.2 Å². The molecule has 38 heavy (non-hydrogen) atoms. The maximum absolute atomic E-state index is 13.7. The molecular formula is C25H20Cl2FIN4O5. The van der Waals surface area contributed by atoms with Crippen molar-refractivity contribution >= 4 is 81.1 Å². The lowest BCUT2D eigenvalue weighted by atomic mass is 10.2. The smallest absolute Gasteiger partial charge is 0.329 e. The van der Waals surface area contributed by atoms with Gasteiger partial charge in [-0.2, -0.15) is 5.10 Å². The molecule has 0 aliphatic heterocycles. The molecule has 0 radical (unpaired) electrons. The third-order valence-electron chi connectivity index (χ3n) is 4.53. The van der Waals surface area contributed by atoms with Crippen LogP contribution in [-0.2, 0) is 14.4 Å². The fourth-order valence-electron chi connectivity index (χ4n) is 2.98. The molecule has 3 aromatic rings. The molecule has 0 saturated carbocycles. The fraction of sp³-hybridized carbons (Fsp3) is 0.120. The molecule has 198 valence electrons. The fourth-order valence-corrected chi connectivity index (χ4v) is 4.29. The van der Waals surface area contributed by atoms with E-state index in [0.717, 1.165) is 6.07 Å². The molecule has 0 heterocycles. The van der Waals surface area contributed by atoms with Crippen LogP contribution in [0.4, 0.5) is 15.8 Å². The number of amides is 3. The zero-order valence-corrected chi connectivity index (χ0v) is 23.4. The molecule has 0 aromatic heterocycles. The molecule has 3 N–H and O–H groups in total. The summed E-state index contributed by atoms with van der Waals surface area (Å²) in [6, 6.07) is 13.3. The van der Waals surface area contributed by atoms with Gasteiger partial charge in [0, 0.05) is 15.7 Å². The molecule has 0 bridgehead atoms. The van der Waals surface area contributed by atoms with Gasteiger partial charge in [0.05, 0.1) is 22.1 Å². The molecule has 13 heteroatoms. The summed E-state index contributed by atoms with van der Waals surface area (Å²) in [7, 11) is 0. The van der Waals surface area contributed by atoms with Gasteiger partial charge in [0.2, 0.25) is 0 Å². The Balaban J connectivity index is 1.63. The molecule has 3 amide bonds. The zero-order chi connectivity index (χ0) is 27.7. The first-order chi connectivity index (χ1) is 18.2. The highest BCUT2D eigenvalue weighted by Gasteiger charge is 2.16. The first-order valence-corrected chi connectivity index (χ1v) is 12.7. The number of hydrogen-bond donors (Lipinski definition) is 3. The SMILES string of the molecule is CCOc1cc(/C=N\NC(=O)C(=O)Nc2ccccc2F)cc(I)c1OCC(=O)Nc1cc(Cl)cc(Cl)c1. The van der Waals surface area contributed by atoms with Gasteiger partial charge in [0.1, 0.15) is 5.82 Å². The molecule has 0 unspecified atom stereocenters. The van der Waals surface area contributed by atoms with Crippen molar-refractivity contribution in [1.29, 1.82) is 0 Å². The molecule has 0 fully saturated rings. The van der Waals surface area contributed by atoms with E-state index in [1.807, 2.05) is 22.6 Å². The average Bonchev–Trinajstić information content (AvgIpc) is 2.84. The number of carbonyl (C=O) groups is 3. The van der Waals surface area contributed by atoms with Gasteiger partial charge in [-0.1, -0.05) is 35.3 Å². The van der Waals surface area contributed by atoms with Crippen LogP contribution in [0.5, 0.6) is 11.5 Å². The number of hydrazone groups is 1. The van der Waals surface area contributed by atoms with E-state index in [9.17, 15) is 18.8 Å². The van der Waals surface area contributed by atoms with Crippen molar-refractivity contribution in [2.75, 3.05) is 23.8 Å². The molecule has 0 saturated heterocycles. The first kappa shape index (κ1) is 29.1. The summed E-state index contributed by atoms with van der Waals surface area (Å²) < 4.78 is 25.6. The van der Waals surface area contributed by atoms with Crippen LogP contribution in [0.2, 0.25) is 10.0 Å². The van der Waals surface area contributed by atoms with E-state index in [4.69, 9.17) is 32.7 Å². The molecule has 0 spiro atoms. The summed E-state index contributed by atoms with van der Waals surface area (Å²) in [6.45, 7) is 1.77. The normalized spacial score (nSPS) is 10.7. The summed E-state index contributed by atoms with van der Waals surface area (Å²) in [4.78, 5) is 36.3. The molecule has 9 nitrogen and oxygen atoms in total. The van der Waals surface area contributed by atoms with Crippen LogP contribution < -0.4 is 25.5 Å². The van der Waals surface area contributed by atoms with Crippen LogP contribution in [0.15, 0.2) is 59.7 Å². The van der Waals surface area contributed by atoms with E-state index >= 15 is 0 Å². The van der Waals surface area contributed by atoms with E-state index in [-0.39, 0.29) is 12.3 Å². The van der Waals surface area contributed by atoms with E-state index < -0.39 is 23.5 Å². The Morgan fingerprint density at radius 2 is 1.71 bits per heavy atom. The number of carbonyl (C=O) groups excluding carboxylic acids is 3. The third-order valence-corrected chi connectivity index (χ3v) is 5.77. The maximum Gasteiger partial charge on any atom is 0.329 e. The quantitative estimate of drug-likeness (QED) is 0.124. The lowest BCUT2D eigenvalue weighted by Crippen LogP contribution is -2.32. The van der Waals surface area contributed by atoms with Crippen molar-refractivity contribution in [3.05, 3.63) is 79.6 Å². The van der Waals surface area contributed by atoms with E-state index in [0.29, 0.717) is 43.0 Å². The Kier molecular flexibility index (Phi) is 10.7. The van der Waals surface area contributed by atoms with Crippen LogP contribution in [0, 0.1) is 9.39 Å². The number of halogens is 4. The largest absolute Gasteiger partial charge is 0.490 e. The van der Waals surface area contributed by atoms with Gasteiger partial charge >= 0.3 is 11.8 Å². The minimum absolute atomic E-state index is 0.131. The third kappa shape index (κ3) is 8.57. The summed E-state index contributed by atoms with van der Waals surface area (Å²) in [5.41, 5.74) is 2.88. The summed E-state index contributed by atoms with van der Waals surface area (Å²) >= 11 is 13.9. The van der Waals surface area contributed by atoms with Gasteiger partial charge in [0.15, 0.2) is 18.1 Å². The van der Waals surface area contributed by atoms with Crippen LogP contribution in [0.1, 0.15) is 12.5 Å². The average molecular weight is 673 g/mol. The Morgan fingerprint density at radius 1 is 1.00 bits per heavy atom. The molecule has 0 atom stereocenters. The van der Waals surface area contributed by atoms with Gasteiger partial charge in [-0.25, -0.2) is 9.82 Å². The predicted octanol–water partition coefficient (Wildman–Crippen LogP) is 5.24. The van der Waals surface area contributed by atoms with Crippen molar-refractivity contribution in [2.24, 2.45) is 5.10 Å². The molecule has 3 aromatic carbocycles. The van der Waals surface area contributed by atoms with Crippen molar-refractivity contribution in [2.45, 2.75) is 6.92 Å². The Hall–Kier alpha value is -3.42. The van der Waals surface area contributed by atoms with Gasteiger partial charge in [-0.05, 0) is 77.5 Å². The number of nitrogens with one attached hydrogen (secondary N) is 3. The Morgan fingerprint density at radius 3 is 2.39 bits per heavy atom. The second-order valence-corrected chi connectivity index (χ2v) is 9.43. The monoisotopic (exact) mass is 672 g/mol. The van der Waals surface area contributed by atoms with E-state index in [1.165, 1.54) is 24.4 Å².